The van der Waals surface area contributed by atoms with Gasteiger partial charge in [-0.15, -0.1) is 0 Å². The molecule has 0 fully saturated rings. The molecule has 0 unspecified atom stereocenters. The summed E-state index contributed by atoms with van der Waals surface area (Å²) < 4.78 is 6.33. The van der Waals surface area contributed by atoms with Crippen molar-refractivity contribution in [2.75, 3.05) is 12.0 Å². The number of thiazole rings is 1. The number of carbonyl (C=O) groups excluding carboxylic acids is 1. The van der Waals surface area contributed by atoms with Crippen LogP contribution in [0.5, 0.6) is 5.75 Å². The van der Waals surface area contributed by atoms with E-state index in [9.17, 15) is 4.79 Å². The number of nitrogens with zero attached hydrogens (tertiary/aromatic N) is 2. The topological polar surface area (TPSA) is 42.4 Å². The highest BCUT2D eigenvalue weighted by Gasteiger charge is 2.22. The molecule has 1 heterocycles. The lowest BCUT2D eigenvalue weighted by molar-refractivity contribution is 0.0985. The molecule has 5 heteroatoms. The lowest BCUT2D eigenvalue weighted by Gasteiger charge is -2.20. The van der Waals surface area contributed by atoms with E-state index in [1.807, 2.05) is 91.0 Å². The normalized spacial score (nSPS) is 11.0. The second-order valence-electron chi connectivity index (χ2n) is 7.27. The number of fused-ring (bicyclic) bond motifs is 2. The van der Waals surface area contributed by atoms with Crippen LogP contribution in [0, 0.1) is 0 Å². The zero-order valence-electron chi connectivity index (χ0n) is 17.0. The van der Waals surface area contributed by atoms with E-state index in [2.05, 4.69) is 0 Å². The number of hydrogen-bond acceptors (Lipinski definition) is 4. The third-order valence-corrected chi connectivity index (χ3v) is 6.28. The molecule has 4 nitrogen and oxygen atoms in total. The summed E-state index contributed by atoms with van der Waals surface area (Å²) in [6, 6.07) is 29.7. The third kappa shape index (κ3) is 3.88. The summed E-state index contributed by atoms with van der Waals surface area (Å²) >= 11 is 1.49. The van der Waals surface area contributed by atoms with Crippen LogP contribution in [-0.4, -0.2) is 18.0 Å². The minimum atomic E-state index is -0.0689. The highest BCUT2D eigenvalue weighted by Crippen LogP contribution is 2.33. The predicted molar refractivity (Wildman–Crippen MR) is 127 cm³/mol. The van der Waals surface area contributed by atoms with Gasteiger partial charge in [0.15, 0.2) is 5.13 Å². The van der Waals surface area contributed by atoms with Crippen molar-refractivity contribution < 1.29 is 9.53 Å². The Hall–Kier alpha value is -3.70. The van der Waals surface area contributed by atoms with Gasteiger partial charge in [0, 0.05) is 5.56 Å². The SMILES string of the molecule is COc1ccc2nc(N(Cc3ccccc3)C(=O)c3ccc4ccccc4c3)sc2c1. The van der Waals surface area contributed by atoms with Gasteiger partial charge in [-0.1, -0.05) is 72.0 Å². The van der Waals surface area contributed by atoms with E-state index < -0.39 is 0 Å². The molecule has 31 heavy (non-hydrogen) atoms. The van der Waals surface area contributed by atoms with Gasteiger partial charge in [-0.2, -0.15) is 0 Å². The number of benzene rings is 4. The van der Waals surface area contributed by atoms with Gasteiger partial charge < -0.3 is 4.74 Å². The Bertz CT molecular complexity index is 1380. The first kappa shape index (κ1) is 19.3. The molecule has 0 saturated carbocycles. The summed E-state index contributed by atoms with van der Waals surface area (Å²) in [5, 5.41) is 2.83. The van der Waals surface area contributed by atoms with Gasteiger partial charge in [0.2, 0.25) is 0 Å². The largest absolute Gasteiger partial charge is 0.497 e. The molecule has 0 aliphatic carbocycles. The Morgan fingerprint density at radius 1 is 0.903 bits per heavy atom. The van der Waals surface area contributed by atoms with Crippen LogP contribution in [0.15, 0.2) is 91.0 Å². The quantitative estimate of drug-likeness (QED) is 0.332. The number of amides is 1. The second-order valence-corrected chi connectivity index (χ2v) is 8.28. The van der Waals surface area contributed by atoms with Crippen molar-refractivity contribution >= 4 is 43.4 Å². The fraction of sp³-hybridized carbons (Fsp3) is 0.0769. The van der Waals surface area contributed by atoms with Crippen LogP contribution in [0.1, 0.15) is 15.9 Å². The fourth-order valence-corrected chi connectivity index (χ4v) is 4.60. The number of carbonyl (C=O) groups is 1. The molecule has 0 N–H and O–H groups in total. The highest BCUT2D eigenvalue weighted by molar-refractivity contribution is 7.22. The molecule has 0 spiro atoms. The van der Waals surface area contributed by atoms with Crippen LogP contribution in [0.2, 0.25) is 0 Å². The second kappa shape index (κ2) is 8.20. The van der Waals surface area contributed by atoms with Crippen molar-refractivity contribution in [3.63, 3.8) is 0 Å². The molecule has 0 bridgehead atoms. The Balaban J connectivity index is 1.58. The molecule has 0 atom stereocenters. The molecule has 0 aliphatic heterocycles. The number of anilines is 1. The van der Waals surface area contributed by atoms with Crippen molar-refractivity contribution in [3.05, 3.63) is 102 Å². The first-order chi connectivity index (χ1) is 15.2. The highest BCUT2D eigenvalue weighted by atomic mass is 32.1. The van der Waals surface area contributed by atoms with E-state index in [4.69, 9.17) is 9.72 Å². The standard InChI is InChI=1S/C26H20N2O2S/c1-30-22-13-14-23-24(16-22)31-26(27-23)28(17-18-7-3-2-4-8-18)25(29)21-12-11-19-9-5-6-10-20(19)15-21/h2-16H,17H2,1H3. The Labute approximate surface area is 184 Å². The van der Waals surface area contributed by atoms with E-state index in [1.54, 1.807) is 12.0 Å². The smallest absolute Gasteiger partial charge is 0.260 e. The first-order valence-electron chi connectivity index (χ1n) is 10.0. The molecule has 0 saturated heterocycles. The minimum Gasteiger partial charge on any atom is -0.497 e. The van der Waals surface area contributed by atoms with Crippen molar-refractivity contribution in [1.29, 1.82) is 0 Å². The molecule has 4 aromatic carbocycles. The summed E-state index contributed by atoms with van der Waals surface area (Å²) in [6.45, 7) is 0.448. The molecule has 1 aromatic heterocycles. The van der Waals surface area contributed by atoms with Crippen LogP contribution in [0.4, 0.5) is 5.13 Å². The lowest BCUT2D eigenvalue weighted by atomic mass is 10.1. The number of rotatable bonds is 5. The van der Waals surface area contributed by atoms with Gasteiger partial charge in [-0.25, -0.2) is 4.98 Å². The van der Waals surface area contributed by atoms with Crippen LogP contribution >= 0.6 is 11.3 Å². The maximum Gasteiger partial charge on any atom is 0.260 e. The third-order valence-electron chi connectivity index (χ3n) is 5.24. The van der Waals surface area contributed by atoms with Gasteiger partial charge in [0.1, 0.15) is 5.75 Å². The Morgan fingerprint density at radius 3 is 2.48 bits per heavy atom. The summed E-state index contributed by atoms with van der Waals surface area (Å²) in [7, 11) is 1.65. The number of aromatic nitrogens is 1. The van der Waals surface area contributed by atoms with E-state index in [0.717, 1.165) is 32.3 Å². The van der Waals surface area contributed by atoms with Crippen LogP contribution in [0.25, 0.3) is 21.0 Å². The predicted octanol–water partition coefficient (Wildman–Crippen LogP) is 6.31. The van der Waals surface area contributed by atoms with Crippen LogP contribution in [-0.2, 0) is 6.54 Å². The van der Waals surface area contributed by atoms with E-state index >= 15 is 0 Å². The van der Waals surface area contributed by atoms with Gasteiger partial charge in [0.25, 0.3) is 5.91 Å². The van der Waals surface area contributed by atoms with Crippen molar-refractivity contribution in [3.8, 4) is 5.75 Å². The van der Waals surface area contributed by atoms with Gasteiger partial charge in [-0.05, 0) is 46.7 Å². The molecule has 152 valence electrons. The van der Waals surface area contributed by atoms with E-state index in [1.165, 1.54) is 11.3 Å². The Kier molecular flexibility index (Phi) is 5.10. The summed E-state index contributed by atoms with van der Waals surface area (Å²) in [4.78, 5) is 20.2. The average molecular weight is 425 g/mol. The first-order valence-corrected chi connectivity index (χ1v) is 10.8. The minimum absolute atomic E-state index is 0.0689. The zero-order valence-corrected chi connectivity index (χ0v) is 17.8. The van der Waals surface area contributed by atoms with E-state index in [-0.39, 0.29) is 5.91 Å². The average Bonchev–Trinajstić information content (AvgIpc) is 3.25. The molecular formula is C26H20N2O2S. The number of hydrogen-bond donors (Lipinski definition) is 0. The monoisotopic (exact) mass is 424 g/mol. The maximum atomic E-state index is 13.7. The zero-order chi connectivity index (χ0) is 21.2. The fourth-order valence-electron chi connectivity index (χ4n) is 3.61. The summed E-state index contributed by atoms with van der Waals surface area (Å²) in [5.74, 6) is 0.707. The van der Waals surface area contributed by atoms with Crippen molar-refractivity contribution in [1.82, 2.24) is 4.98 Å². The van der Waals surface area contributed by atoms with Crippen LogP contribution < -0.4 is 9.64 Å². The number of methoxy groups -OCH3 is 1. The van der Waals surface area contributed by atoms with Gasteiger partial charge in [0.05, 0.1) is 23.9 Å². The Morgan fingerprint density at radius 2 is 1.68 bits per heavy atom. The molecule has 1 amide bonds. The molecule has 0 aliphatic rings. The van der Waals surface area contributed by atoms with Crippen molar-refractivity contribution in [2.45, 2.75) is 6.54 Å². The van der Waals surface area contributed by atoms with E-state index in [0.29, 0.717) is 17.2 Å². The molecule has 5 rings (SSSR count). The van der Waals surface area contributed by atoms with Gasteiger partial charge >= 0.3 is 0 Å². The number of ether oxygens (including phenoxy) is 1. The van der Waals surface area contributed by atoms with Gasteiger partial charge in [-0.3, -0.25) is 9.69 Å². The lowest BCUT2D eigenvalue weighted by Crippen LogP contribution is -2.30. The molecule has 0 radical (unpaired) electrons. The summed E-state index contributed by atoms with van der Waals surface area (Å²) in [5.41, 5.74) is 2.55. The van der Waals surface area contributed by atoms with Crippen molar-refractivity contribution in [2.24, 2.45) is 0 Å². The van der Waals surface area contributed by atoms with Crippen LogP contribution in [0.3, 0.4) is 0 Å². The summed E-state index contributed by atoms with van der Waals surface area (Å²) in [6.07, 6.45) is 0. The molecular weight excluding hydrogens is 404 g/mol. The molecule has 5 aromatic rings. The maximum absolute atomic E-state index is 13.7.